The molecule has 1 aromatic carbocycles. The number of carbonyl (C=O) groups excluding carboxylic acids is 2. The predicted octanol–water partition coefficient (Wildman–Crippen LogP) is 4.31. The number of furan rings is 1. The Kier molecular flexibility index (Phi) is 5.96. The van der Waals surface area contributed by atoms with Gasteiger partial charge in [-0.2, -0.15) is 0 Å². The van der Waals surface area contributed by atoms with Gasteiger partial charge in [0, 0.05) is 17.1 Å². The summed E-state index contributed by atoms with van der Waals surface area (Å²) in [6.45, 7) is 5.57. The van der Waals surface area contributed by atoms with E-state index in [4.69, 9.17) is 18.6 Å². The van der Waals surface area contributed by atoms with Crippen LogP contribution in [0, 0.1) is 0 Å². The molecule has 0 unspecified atom stereocenters. The molecule has 0 fully saturated rings. The lowest BCUT2D eigenvalue weighted by atomic mass is 10.1. The number of ether oxygens (including phenoxy) is 3. The highest BCUT2D eigenvalue weighted by atomic mass is 16.6. The van der Waals surface area contributed by atoms with Crippen LogP contribution in [0.1, 0.15) is 36.9 Å². The Labute approximate surface area is 174 Å². The Morgan fingerprint density at radius 1 is 1.13 bits per heavy atom. The van der Waals surface area contributed by atoms with Gasteiger partial charge in [0.1, 0.15) is 11.4 Å². The van der Waals surface area contributed by atoms with E-state index >= 15 is 0 Å². The van der Waals surface area contributed by atoms with E-state index in [1.165, 1.54) is 13.3 Å². The molecule has 0 aliphatic rings. The highest BCUT2D eigenvalue weighted by Gasteiger charge is 2.17. The van der Waals surface area contributed by atoms with Gasteiger partial charge < -0.3 is 23.9 Å². The molecule has 0 saturated carbocycles. The molecule has 8 heteroatoms. The van der Waals surface area contributed by atoms with Crippen LogP contribution in [-0.4, -0.2) is 36.9 Å². The highest BCUT2D eigenvalue weighted by molar-refractivity contribution is 5.91. The SMILES string of the molecule is COC(=O)c1ccc(-c2cc(OC)c3oc(CNC(=O)OC(C)(C)C)cc3c2)nc1. The van der Waals surface area contributed by atoms with Crippen LogP contribution in [0.25, 0.3) is 22.2 Å². The number of hydrogen-bond donors (Lipinski definition) is 1. The summed E-state index contributed by atoms with van der Waals surface area (Å²) in [5, 5.41) is 3.47. The summed E-state index contributed by atoms with van der Waals surface area (Å²) in [5.41, 5.74) is 1.81. The number of pyridine rings is 1. The standard InChI is InChI=1S/C22H24N2O6/c1-22(2,3)30-21(26)24-12-16-9-15-8-14(10-18(27-4)19(15)29-16)17-7-6-13(11-23-17)20(25)28-5/h6-11H,12H2,1-5H3,(H,24,26). The first kappa shape index (κ1) is 21.2. The van der Waals surface area contributed by atoms with Crippen LogP contribution in [0.15, 0.2) is 40.9 Å². The summed E-state index contributed by atoms with van der Waals surface area (Å²) in [4.78, 5) is 27.8. The summed E-state index contributed by atoms with van der Waals surface area (Å²) in [7, 11) is 2.87. The molecule has 1 amide bonds. The fourth-order valence-corrected chi connectivity index (χ4v) is 2.84. The van der Waals surface area contributed by atoms with Crippen LogP contribution in [0.5, 0.6) is 5.75 Å². The third-order valence-electron chi connectivity index (χ3n) is 4.14. The van der Waals surface area contributed by atoms with E-state index in [2.05, 4.69) is 10.3 Å². The van der Waals surface area contributed by atoms with Crippen LogP contribution >= 0.6 is 0 Å². The predicted molar refractivity (Wildman–Crippen MR) is 110 cm³/mol. The van der Waals surface area contributed by atoms with Gasteiger partial charge in [-0.1, -0.05) is 0 Å². The summed E-state index contributed by atoms with van der Waals surface area (Å²) in [5.74, 6) is 0.643. The molecule has 0 radical (unpaired) electrons. The van der Waals surface area contributed by atoms with E-state index in [9.17, 15) is 9.59 Å². The smallest absolute Gasteiger partial charge is 0.408 e. The average Bonchev–Trinajstić information content (AvgIpc) is 3.13. The number of amides is 1. The monoisotopic (exact) mass is 412 g/mol. The van der Waals surface area contributed by atoms with Crippen LogP contribution < -0.4 is 10.1 Å². The number of nitrogens with one attached hydrogen (secondary N) is 1. The van der Waals surface area contributed by atoms with Crippen molar-refractivity contribution in [1.29, 1.82) is 0 Å². The molecular formula is C22H24N2O6. The fraction of sp³-hybridized carbons (Fsp3) is 0.318. The van der Waals surface area contributed by atoms with Crippen molar-refractivity contribution in [2.24, 2.45) is 0 Å². The first-order valence-corrected chi connectivity index (χ1v) is 9.32. The number of nitrogens with zero attached hydrogens (tertiary/aromatic N) is 1. The Hall–Kier alpha value is -3.55. The van der Waals surface area contributed by atoms with E-state index in [1.54, 1.807) is 46.1 Å². The third-order valence-corrected chi connectivity index (χ3v) is 4.14. The van der Waals surface area contributed by atoms with Crippen LogP contribution in [0.2, 0.25) is 0 Å². The Morgan fingerprint density at radius 2 is 1.90 bits per heavy atom. The van der Waals surface area contributed by atoms with Crippen molar-refractivity contribution in [3.8, 4) is 17.0 Å². The topological polar surface area (TPSA) is 99.9 Å². The first-order valence-electron chi connectivity index (χ1n) is 9.32. The lowest BCUT2D eigenvalue weighted by Gasteiger charge is -2.19. The zero-order valence-electron chi connectivity index (χ0n) is 17.6. The van der Waals surface area contributed by atoms with E-state index in [1.807, 2.05) is 12.1 Å². The van der Waals surface area contributed by atoms with Gasteiger partial charge in [-0.25, -0.2) is 9.59 Å². The maximum atomic E-state index is 11.9. The Bertz CT molecular complexity index is 1060. The van der Waals surface area contributed by atoms with Crippen molar-refractivity contribution < 1.29 is 28.2 Å². The summed E-state index contributed by atoms with van der Waals surface area (Å²) in [6.07, 6.45) is 0.939. The van der Waals surface area contributed by atoms with E-state index in [0.717, 1.165) is 10.9 Å². The normalized spacial score (nSPS) is 11.2. The first-order chi connectivity index (χ1) is 14.2. The second-order valence-corrected chi connectivity index (χ2v) is 7.59. The second-order valence-electron chi connectivity index (χ2n) is 7.59. The summed E-state index contributed by atoms with van der Waals surface area (Å²) < 4.78 is 21.2. The summed E-state index contributed by atoms with van der Waals surface area (Å²) >= 11 is 0. The maximum Gasteiger partial charge on any atom is 0.408 e. The van der Waals surface area contributed by atoms with E-state index in [0.29, 0.717) is 28.4 Å². The molecule has 0 spiro atoms. The number of fused-ring (bicyclic) bond motifs is 1. The molecule has 8 nitrogen and oxygen atoms in total. The number of rotatable bonds is 5. The number of aromatic nitrogens is 1. The molecule has 0 aliphatic heterocycles. The van der Waals surface area contributed by atoms with Gasteiger partial charge in [0.05, 0.1) is 32.0 Å². The third kappa shape index (κ3) is 4.89. The number of hydrogen-bond acceptors (Lipinski definition) is 7. The Balaban J connectivity index is 1.85. The van der Waals surface area contributed by atoms with E-state index in [-0.39, 0.29) is 6.54 Å². The molecule has 1 N–H and O–H groups in total. The molecule has 158 valence electrons. The minimum Gasteiger partial charge on any atom is -0.493 e. The highest BCUT2D eigenvalue weighted by Crippen LogP contribution is 2.34. The van der Waals surface area contributed by atoms with Crippen LogP contribution in [-0.2, 0) is 16.0 Å². The van der Waals surface area contributed by atoms with Crippen molar-refractivity contribution in [2.75, 3.05) is 14.2 Å². The largest absolute Gasteiger partial charge is 0.493 e. The summed E-state index contributed by atoms with van der Waals surface area (Å²) in [6, 6.07) is 8.91. The van der Waals surface area contributed by atoms with Gasteiger partial charge in [-0.3, -0.25) is 4.98 Å². The molecule has 2 heterocycles. The number of alkyl carbamates (subject to hydrolysis) is 1. The molecule has 0 atom stereocenters. The van der Waals surface area contributed by atoms with Gasteiger partial charge in [0.25, 0.3) is 0 Å². The molecule has 30 heavy (non-hydrogen) atoms. The fourth-order valence-electron chi connectivity index (χ4n) is 2.84. The molecule has 3 aromatic rings. The quantitative estimate of drug-likeness (QED) is 0.623. The number of benzene rings is 1. The van der Waals surface area contributed by atoms with Gasteiger partial charge in [-0.05, 0) is 51.1 Å². The van der Waals surface area contributed by atoms with Gasteiger partial charge in [0.15, 0.2) is 11.3 Å². The minimum absolute atomic E-state index is 0.175. The lowest BCUT2D eigenvalue weighted by molar-refractivity contribution is 0.0519. The number of esters is 1. The molecule has 0 bridgehead atoms. The average molecular weight is 412 g/mol. The molecule has 0 aliphatic carbocycles. The van der Waals surface area contributed by atoms with Crippen molar-refractivity contribution in [2.45, 2.75) is 32.9 Å². The van der Waals surface area contributed by atoms with Crippen LogP contribution in [0.4, 0.5) is 4.79 Å². The van der Waals surface area contributed by atoms with Gasteiger partial charge in [0.2, 0.25) is 0 Å². The van der Waals surface area contributed by atoms with Crippen molar-refractivity contribution in [3.63, 3.8) is 0 Å². The van der Waals surface area contributed by atoms with Crippen LogP contribution in [0.3, 0.4) is 0 Å². The molecule has 2 aromatic heterocycles. The maximum absolute atomic E-state index is 11.9. The molecule has 0 saturated heterocycles. The molecular weight excluding hydrogens is 388 g/mol. The van der Waals surface area contributed by atoms with Crippen molar-refractivity contribution >= 4 is 23.0 Å². The number of carbonyl (C=O) groups is 2. The van der Waals surface area contributed by atoms with Crippen molar-refractivity contribution in [3.05, 3.63) is 47.9 Å². The zero-order chi connectivity index (χ0) is 21.9. The Morgan fingerprint density at radius 3 is 2.50 bits per heavy atom. The van der Waals surface area contributed by atoms with Crippen molar-refractivity contribution in [1.82, 2.24) is 10.3 Å². The lowest BCUT2D eigenvalue weighted by Crippen LogP contribution is -2.32. The second kappa shape index (κ2) is 8.44. The van der Waals surface area contributed by atoms with Gasteiger partial charge >= 0.3 is 12.1 Å². The van der Waals surface area contributed by atoms with Gasteiger partial charge in [-0.15, -0.1) is 0 Å². The zero-order valence-corrected chi connectivity index (χ0v) is 17.6. The molecule has 3 rings (SSSR count). The number of methoxy groups -OCH3 is 2. The minimum atomic E-state index is -0.577. The van der Waals surface area contributed by atoms with E-state index < -0.39 is 17.7 Å².